The Hall–Kier alpha value is -1.07. The molecule has 20 heavy (non-hydrogen) atoms. The van der Waals surface area contributed by atoms with E-state index < -0.39 is 9.84 Å². The third-order valence-corrected chi connectivity index (χ3v) is 4.50. The van der Waals surface area contributed by atoms with Crippen LogP contribution in [0.2, 0.25) is 0 Å². The number of fused-ring (bicyclic) bond motifs is 1. The molecule has 4 nitrogen and oxygen atoms in total. The maximum atomic E-state index is 11.6. The number of imidazole rings is 1. The lowest BCUT2D eigenvalue weighted by atomic mass is 10.2. The zero-order valence-electron chi connectivity index (χ0n) is 12.1. The number of hydrogen-bond donors (Lipinski definition) is 0. The number of benzene rings is 1. The van der Waals surface area contributed by atoms with Crippen LogP contribution in [0, 0.1) is 6.92 Å². The van der Waals surface area contributed by atoms with Crippen molar-refractivity contribution in [1.82, 2.24) is 9.55 Å². The second kappa shape index (κ2) is 5.37. The molecule has 0 aliphatic carbocycles. The Labute approximate surface area is 124 Å². The largest absolute Gasteiger partial charge is 0.323 e. The highest BCUT2D eigenvalue weighted by Gasteiger charge is 2.21. The van der Waals surface area contributed by atoms with Gasteiger partial charge in [0, 0.05) is 12.3 Å². The van der Waals surface area contributed by atoms with E-state index in [1.807, 2.05) is 43.5 Å². The van der Waals surface area contributed by atoms with Crippen LogP contribution in [0.4, 0.5) is 0 Å². The fourth-order valence-corrected chi connectivity index (χ4v) is 3.66. The Kier molecular flexibility index (Phi) is 4.12. The molecule has 1 aromatic heterocycles. The van der Waals surface area contributed by atoms with Crippen molar-refractivity contribution in [2.24, 2.45) is 0 Å². The molecule has 2 rings (SSSR count). The summed E-state index contributed by atoms with van der Waals surface area (Å²) >= 11 is 6.20. The van der Waals surface area contributed by atoms with Gasteiger partial charge in [-0.2, -0.15) is 0 Å². The van der Waals surface area contributed by atoms with Gasteiger partial charge in [-0.25, -0.2) is 13.4 Å². The average molecular weight is 315 g/mol. The SMILES string of the molecule is Cc1ccc2nc(C(C)Cl)n(C(C)CS(C)(=O)=O)c2c1. The van der Waals surface area contributed by atoms with Crippen LogP contribution in [0.15, 0.2) is 18.2 Å². The molecule has 0 fully saturated rings. The van der Waals surface area contributed by atoms with Crippen LogP contribution in [0.5, 0.6) is 0 Å². The van der Waals surface area contributed by atoms with E-state index in [1.54, 1.807) is 0 Å². The van der Waals surface area contributed by atoms with E-state index in [0.717, 1.165) is 16.6 Å². The van der Waals surface area contributed by atoms with Crippen molar-refractivity contribution in [2.75, 3.05) is 12.0 Å². The highest BCUT2D eigenvalue weighted by atomic mass is 35.5. The molecule has 0 radical (unpaired) electrons. The van der Waals surface area contributed by atoms with Crippen molar-refractivity contribution in [1.29, 1.82) is 0 Å². The molecule has 1 heterocycles. The van der Waals surface area contributed by atoms with Crippen LogP contribution in [0.3, 0.4) is 0 Å². The maximum Gasteiger partial charge on any atom is 0.149 e. The topological polar surface area (TPSA) is 52.0 Å². The predicted octanol–water partition coefficient (Wildman–Crippen LogP) is 3.25. The maximum absolute atomic E-state index is 11.6. The molecule has 2 atom stereocenters. The molecule has 110 valence electrons. The zero-order chi connectivity index (χ0) is 15.1. The lowest BCUT2D eigenvalue weighted by Gasteiger charge is -2.18. The van der Waals surface area contributed by atoms with Gasteiger partial charge in [0.1, 0.15) is 15.7 Å². The standard InChI is InChI=1S/C14H19ClN2O2S/c1-9-5-6-12-13(7-9)17(14(16-12)11(3)15)10(2)8-20(4,18)19/h5-7,10-11H,8H2,1-4H3. The van der Waals surface area contributed by atoms with Crippen molar-refractivity contribution < 1.29 is 8.42 Å². The van der Waals surface area contributed by atoms with E-state index >= 15 is 0 Å². The Bertz CT molecular complexity index is 735. The monoisotopic (exact) mass is 314 g/mol. The number of aryl methyl sites for hydroxylation is 1. The Balaban J connectivity index is 2.64. The third-order valence-electron chi connectivity index (χ3n) is 3.21. The molecule has 6 heteroatoms. The summed E-state index contributed by atoms with van der Waals surface area (Å²) in [6, 6.07) is 5.75. The van der Waals surface area contributed by atoms with Crippen molar-refractivity contribution in [2.45, 2.75) is 32.2 Å². The molecule has 0 amide bonds. The summed E-state index contributed by atoms with van der Waals surface area (Å²) in [5.41, 5.74) is 2.89. The molecule has 0 bridgehead atoms. The van der Waals surface area contributed by atoms with Crippen molar-refractivity contribution in [3.8, 4) is 0 Å². The van der Waals surface area contributed by atoms with Gasteiger partial charge in [-0.1, -0.05) is 6.07 Å². The normalized spacial score (nSPS) is 15.4. The van der Waals surface area contributed by atoms with E-state index in [-0.39, 0.29) is 17.2 Å². The number of nitrogens with zero attached hydrogens (tertiary/aromatic N) is 2. The molecule has 0 spiro atoms. The fraction of sp³-hybridized carbons (Fsp3) is 0.500. The summed E-state index contributed by atoms with van der Waals surface area (Å²) in [7, 11) is -3.06. The second-order valence-corrected chi connectivity index (χ2v) is 8.23. The highest BCUT2D eigenvalue weighted by molar-refractivity contribution is 7.90. The van der Waals surface area contributed by atoms with Gasteiger partial charge in [0.15, 0.2) is 0 Å². The first-order valence-corrected chi connectivity index (χ1v) is 8.99. The van der Waals surface area contributed by atoms with Gasteiger partial charge in [-0.15, -0.1) is 11.6 Å². The molecule has 2 unspecified atom stereocenters. The Morgan fingerprint density at radius 1 is 1.35 bits per heavy atom. The van der Waals surface area contributed by atoms with Gasteiger partial charge in [0.25, 0.3) is 0 Å². The predicted molar refractivity (Wildman–Crippen MR) is 83.2 cm³/mol. The molecule has 0 aliphatic heterocycles. The summed E-state index contributed by atoms with van der Waals surface area (Å²) in [6.07, 6.45) is 1.25. The lowest BCUT2D eigenvalue weighted by Crippen LogP contribution is -2.18. The lowest BCUT2D eigenvalue weighted by molar-refractivity contribution is 0.555. The van der Waals surface area contributed by atoms with E-state index in [1.165, 1.54) is 6.26 Å². The van der Waals surface area contributed by atoms with E-state index in [2.05, 4.69) is 4.98 Å². The van der Waals surface area contributed by atoms with E-state index in [4.69, 9.17) is 11.6 Å². The van der Waals surface area contributed by atoms with Gasteiger partial charge in [0.2, 0.25) is 0 Å². The Morgan fingerprint density at radius 3 is 2.55 bits per heavy atom. The van der Waals surface area contributed by atoms with Crippen molar-refractivity contribution in [3.05, 3.63) is 29.6 Å². The van der Waals surface area contributed by atoms with Crippen LogP contribution in [-0.4, -0.2) is 30.0 Å². The molecule has 0 saturated carbocycles. The van der Waals surface area contributed by atoms with Crippen molar-refractivity contribution in [3.63, 3.8) is 0 Å². The number of hydrogen-bond acceptors (Lipinski definition) is 3. The first kappa shape index (κ1) is 15.3. The summed E-state index contributed by atoms with van der Waals surface area (Å²) in [4.78, 5) is 4.54. The van der Waals surface area contributed by atoms with Crippen LogP contribution >= 0.6 is 11.6 Å². The molecule has 0 N–H and O–H groups in total. The number of halogens is 1. The van der Waals surface area contributed by atoms with E-state index in [9.17, 15) is 8.42 Å². The third kappa shape index (κ3) is 3.15. The number of aromatic nitrogens is 2. The molecular formula is C14H19ClN2O2S. The Morgan fingerprint density at radius 2 is 2.00 bits per heavy atom. The molecule has 1 aromatic carbocycles. The number of sulfone groups is 1. The van der Waals surface area contributed by atoms with Gasteiger partial charge >= 0.3 is 0 Å². The van der Waals surface area contributed by atoms with Crippen LogP contribution in [0.25, 0.3) is 11.0 Å². The zero-order valence-corrected chi connectivity index (χ0v) is 13.7. The van der Waals surface area contributed by atoms with Gasteiger partial charge < -0.3 is 4.57 Å². The summed E-state index contributed by atoms with van der Waals surface area (Å²) < 4.78 is 25.1. The number of alkyl halides is 1. The fourth-order valence-electron chi connectivity index (χ4n) is 2.48. The first-order valence-electron chi connectivity index (χ1n) is 6.49. The summed E-state index contributed by atoms with van der Waals surface area (Å²) in [5, 5.41) is -0.273. The average Bonchev–Trinajstić information content (AvgIpc) is 2.65. The van der Waals surface area contributed by atoms with Gasteiger partial charge in [-0.05, 0) is 38.5 Å². The first-order chi connectivity index (χ1) is 9.19. The van der Waals surface area contributed by atoms with E-state index in [0.29, 0.717) is 5.82 Å². The minimum atomic E-state index is -3.06. The minimum Gasteiger partial charge on any atom is -0.323 e. The quantitative estimate of drug-likeness (QED) is 0.814. The van der Waals surface area contributed by atoms with Crippen LogP contribution in [-0.2, 0) is 9.84 Å². The molecule has 0 aliphatic rings. The van der Waals surface area contributed by atoms with Gasteiger partial charge in [0.05, 0.1) is 22.2 Å². The number of rotatable bonds is 4. The molecular weight excluding hydrogens is 296 g/mol. The molecule has 0 saturated heterocycles. The second-order valence-electron chi connectivity index (χ2n) is 5.39. The molecule has 2 aromatic rings. The summed E-state index contributed by atoms with van der Waals surface area (Å²) in [6.45, 7) is 5.73. The van der Waals surface area contributed by atoms with Crippen molar-refractivity contribution >= 4 is 32.5 Å². The smallest absolute Gasteiger partial charge is 0.149 e. The van der Waals surface area contributed by atoms with Crippen LogP contribution in [0.1, 0.15) is 36.7 Å². The highest BCUT2D eigenvalue weighted by Crippen LogP contribution is 2.29. The van der Waals surface area contributed by atoms with Gasteiger partial charge in [-0.3, -0.25) is 0 Å². The van der Waals surface area contributed by atoms with Crippen LogP contribution < -0.4 is 0 Å². The minimum absolute atomic E-state index is 0.0724. The summed E-state index contributed by atoms with van der Waals surface area (Å²) in [5.74, 6) is 0.784.